The molecule has 2 heterocycles. The number of ether oxygens (including phenoxy) is 2. The quantitative estimate of drug-likeness (QED) is 0.870. The summed E-state index contributed by atoms with van der Waals surface area (Å²) < 4.78 is 15.3. The number of carbonyl (C=O) groups excluding carboxylic acids is 2. The number of aryl methyl sites for hydroxylation is 1. The van der Waals surface area contributed by atoms with E-state index in [9.17, 15) is 9.59 Å². The number of hydrogen-bond donors (Lipinski definition) is 1. The van der Waals surface area contributed by atoms with E-state index < -0.39 is 18.0 Å². The molecule has 1 N–H and O–H groups in total. The van der Waals surface area contributed by atoms with E-state index in [1.165, 1.54) is 6.92 Å². The molecule has 0 radical (unpaired) electrons. The summed E-state index contributed by atoms with van der Waals surface area (Å²) in [5, 5.41) is 6.17. The van der Waals surface area contributed by atoms with E-state index in [0.29, 0.717) is 24.5 Å². The van der Waals surface area contributed by atoms with Crippen molar-refractivity contribution in [3.63, 3.8) is 0 Å². The Bertz CT molecular complexity index is 753. The van der Waals surface area contributed by atoms with Crippen LogP contribution in [0.25, 0.3) is 0 Å². The molecule has 7 nitrogen and oxygen atoms in total. The minimum Gasteiger partial charge on any atom is -0.449 e. The van der Waals surface area contributed by atoms with Crippen molar-refractivity contribution in [1.82, 2.24) is 5.16 Å². The largest absolute Gasteiger partial charge is 0.449 e. The fraction of sp³-hybridized carbons (Fsp3) is 0.312. The number of fused-ring (bicyclic) bond motifs is 1. The highest BCUT2D eigenvalue weighted by Crippen LogP contribution is 2.21. The van der Waals surface area contributed by atoms with Crippen LogP contribution in [0.4, 0.5) is 5.82 Å². The molecule has 0 saturated heterocycles. The van der Waals surface area contributed by atoms with E-state index in [2.05, 4.69) is 10.5 Å². The molecule has 0 aliphatic carbocycles. The first-order valence-electron chi connectivity index (χ1n) is 7.17. The Morgan fingerprint density at radius 3 is 2.78 bits per heavy atom. The summed E-state index contributed by atoms with van der Waals surface area (Å²) >= 11 is 0. The van der Waals surface area contributed by atoms with Gasteiger partial charge in [0.15, 0.2) is 11.9 Å². The van der Waals surface area contributed by atoms with Crippen LogP contribution in [0.15, 0.2) is 28.8 Å². The summed E-state index contributed by atoms with van der Waals surface area (Å²) in [4.78, 5) is 24.1. The van der Waals surface area contributed by atoms with Gasteiger partial charge in [-0.25, -0.2) is 4.79 Å². The lowest BCUT2D eigenvalue weighted by molar-refractivity contribution is -0.123. The third kappa shape index (κ3) is 3.40. The molecule has 1 aromatic carbocycles. The highest BCUT2D eigenvalue weighted by Gasteiger charge is 2.21. The Hall–Kier alpha value is -2.67. The van der Waals surface area contributed by atoms with Crippen LogP contribution in [0.5, 0.6) is 0 Å². The lowest BCUT2D eigenvalue weighted by Gasteiger charge is -2.12. The zero-order valence-corrected chi connectivity index (χ0v) is 12.8. The summed E-state index contributed by atoms with van der Waals surface area (Å²) in [5.41, 5.74) is 2.43. The Labute approximate surface area is 132 Å². The van der Waals surface area contributed by atoms with Gasteiger partial charge in [-0.05, 0) is 37.1 Å². The maximum absolute atomic E-state index is 12.1. The first-order valence-corrected chi connectivity index (χ1v) is 7.17. The van der Waals surface area contributed by atoms with Gasteiger partial charge >= 0.3 is 5.97 Å². The molecule has 0 bridgehead atoms. The maximum atomic E-state index is 12.1. The molecule has 23 heavy (non-hydrogen) atoms. The summed E-state index contributed by atoms with van der Waals surface area (Å²) in [6.45, 7) is 4.25. The second-order valence-corrected chi connectivity index (χ2v) is 5.34. The van der Waals surface area contributed by atoms with Crippen LogP contribution < -0.4 is 5.32 Å². The first-order chi connectivity index (χ1) is 11.0. The average molecular weight is 316 g/mol. The van der Waals surface area contributed by atoms with Gasteiger partial charge in [0.25, 0.3) is 5.91 Å². The normalized spacial score (nSPS) is 14.2. The topological polar surface area (TPSA) is 90.7 Å². The minimum atomic E-state index is -0.955. The van der Waals surface area contributed by atoms with Crippen molar-refractivity contribution in [3.8, 4) is 0 Å². The smallest absolute Gasteiger partial charge is 0.338 e. The SMILES string of the molecule is Cc1cc(NC(=O)[C@H](C)OC(=O)c2ccc3c(c2)COC3)no1. The summed E-state index contributed by atoms with van der Waals surface area (Å²) in [5.74, 6) is -0.176. The Kier molecular flexibility index (Phi) is 4.12. The predicted octanol–water partition coefficient (Wildman–Crippen LogP) is 2.20. The highest BCUT2D eigenvalue weighted by molar-refractivity contribution is 5.96. The van der Waals surface area contributed by atoms with Crippen molar-refractivity contribution in [2.45, 2.75) is 33.2 Å². The van der Waals surface area contributed by atoms with Crippen molar-refractivity contribution in [2.75, 3.05) is 5.32 Å². The standard InChI is InChI=1S/C16H16N2O5/c1-9-5-14(18-23-9)17-15(19)10(2)22-16(20)11-3-4-12-7-21-8-13(12)6-11/h3-6,10H,7-8H2,1-2H3,(H,17,18,19)/t10-/m0/s1. The third-order valence-corrected chi connectivity index (χ3v) is 3.49. The number of esters is 1. The van der Waals surface area contributed by atoms with Crippen molar-refractivity contribution < 1.29 is 23.6 Å². The molecule has 0 unspecified atom stereocenters. The molecule has 1 aromatic heterocycles. The number of carbonyl (C=O) groups is 2. The number of nitrogens with one attached hydrogen (secondary N) is 1. The van der Waals surface area contributed by atoms with Crippen LogP contribution in [0.3, 0.4) is 0 Å². The molecule has 1 aliphatic heterocycles. The number of anilines is 1. The molecule has 7 heteroatoms. The second-order valence-electron chi connectivity index (χ2n) is 5.34. The van der Waals surface area contributed by atoms with Gasteiger partial charge in [-0.3, -0.25) is 4.79 Å². The lowest BCUT2D eigenvalue weighted by atomic mass is 10.1. The lowest BCUT2D eigenvalue weighted by Crippen LogP contribution is -2.30. The van der Waals surface area contributed by atoms with E-state index in [4.69, 9.17) is 14.0 Å². The van der Waals surface area contributed by atoms with Crippen LogP contribution in [0.1, 0.15) is 34.2 Å². The molecule has 1 atom stereocenters. The van der Waals surface area contributed by atoms with E-state index in [-0.39, 0.29) is 5.82 Å². The first kappa shape index (κ1) is 15.2. The van der Waals surface area contributed by atoms with Crippen LogP contribution in [0.2, 0.25) is 0 Å². The molecule has 1 amide bonds. The van der Waals surface area contributed by atoms with E-state index in [1.54, 1.807) is 25.1 Å². The van der Waals surface area contributed by atoms with Gasteiger partial charge in [-0.1, -0.05) is 11.2 Å². The van der Waals surface area contributed by atoms with Crippen LogP contribution in [-0.2, 0) is 27.5 Å². The maximum Gasteiger partial charge on any atom is 0.338 e. The van der Waals surface area contributed by atoms with E-state index in [1.807, 2.05) is 6.07 Å². The minimum absolute atomic E-state index is 0.282. The van der Waals surface area contributed by atoms with E-state index in [0.717, 1.165) is 11.1 Å². The van der Waals surface area contributed by atoms with Gasteiger partial charge in [0.1, 0.15) is 5.76 Å². The number of amides is 1. The Morgan fingerprint density at radius 2 is 2.04 bits per heavy atom. The van der Waals surface area contributed by atoms with Gasteiger partial charge < -0.3 is 19.3 Å². The van der Waals surface area contributed by atoms with Crippen molar-refractivity contribution in [1.29, 1.82) is 0 Å². The highest BCUT2D eigenvalue weighted by atomic mass is 16.5. The molecule has 3 rings (SSSR count). The number of rotatable bonds is 4. The average Bonchev–Trinajstić information content (AvgIpc) is 3.14. The van der Waals surface area contributed by atoms with Gasteiger partial charge in [-0.15, -0.1) is 0 Å². The zero-order chi connectivity index (χ0) is 16.4. The third-order valence-electron chi connectivity index (χ3n) is 3.49. The van der Waals surface area contributed by atoms with Crippen LogP contribution >= 0.6 is 0 Å². The van der Waals surface area contributed by atoms with Crippen LogP contribution in [0, 0.1) is 6.92 Å². The molecular formula is C16H16N2O5. The Morgan fingerprint density at radius 1 is 1.26 bits per heavy atom. The number of nitrogens with zero attached hydrogens (tertiary/aromatic N) is 1. The number of benzene rings is 1. The fourth-order valence-electron chi connectivity index (χ4n) is 2.23. The van der Waals surface area contributed by atoms with E-state index >= 15 is 0 Å². The van der Waals surface area contributed by atoms with Crippen LogP contribution in [-0.4, -0.2) is 23.1 Å². The fourth-order valence-corrected chi connectivity index (χ4v) is 2.23. The van der Waals surface area contributed by atoms with Gasteiger partial charge in [-0.2, -0.15) is 0 Å². The van der Waals surface area contributed by atoms with Crippen molar-refractivity contribution >= 4 is 17.7 Å². The monoisotopic (exact) mass is 316 g/mol. The second kappa shape index (κ2) is 6.21. The number of aromatic nitrogens is 1. The van der Waals surface area contributed by atoms with Crippen molar-refractivity contribution in [2.24, 2.45) is 0 Å². The molecule has 0 spiro atoms. The van der Waals surface area contributed by atoms with Crippen molar-refractivity contribution in [3.05, 3.63) is 46.7 Å². The molecule has 0 saturated carbocycles. The zero-order valence-electron chi connectivity index (χ0n) is 12.8. The molecular weight excluding hydrogens is 300 g/mol. The number of hydrogen-bond acceptors (Lipinski definition) is 6. The predicted molar refractivity (Wildman–Crippen MR) is 79.7 cm³/mol. The van der Waals surface area contributed by atoms with Gasteiger partial charge in [0.2, 0.25) is 0 Å². The molecule has 120 valence electrons. The van der Waals surface area contributed by atoms with Gasteiger partial charge in [0, 0.05) is 6.07 Å². The van der Waals surface area contributed by atoms with Gasteiger partial charge in [0.05, 0.1) is 18.8 Å². The summed E-state index contributed by atoms with van der Waals surface area (Å²) in [7, 11) is 0. The Balaban J connectivity index is 1.61. The molecule has 1 aliphatic rings. The molecule has 2 aromatic rings. The summed E-state index contributed by atoms with van der Waals surface area (Å²) in [6.07, 6.45) is -0.955. The summed E-state index contributed by atoms with van der Waals surface area (Å²) in [6, 6.07) is 6.81. The molecule has 0 fully saturated rings.